The van der Waals surface area contributed by atoms with Gasteiger partial charge in [0, 0.05) is 71.8 Å². The zero-order chi connectivity index (χ0) is 63.8. The molecule has 0 bridgehead atoms. The van der Waals surface area contributed by atoms with E-state index >= 15 is 0 Å². The van der Waals surface area contributed by atoms with Gasteiger partial charge in [-0.05, 0) is 111 Å². The number of furan rings is 1. The second-order valence-corrected chi connectivity index (χ2v) is 25.1. The average molecular weight is 1240 g/mol. The third kappa shape index (κ3) is 7.87. The molecule has 0 aliphatic rings. The first-order valence-corrected chi connectivity index (χ1v) is 32.9. The Labute approximate surface area is 556 Å². The number of nitriles is 1. The summed E-state index contributed by atoms with van der Waals surface area (Å²) in [6.07, 6.45) is 3.76. The minimum atomic E-state index is 0.468. The molecule has 450 valence electrons. The Kier molecular flexibility index (Phi) is 12.0. The van der Waals surface area contributed by atoms with Crippen molar-refractivity contribution in [3.63, 3.8) is 0 Å². The molecule has 6 aromatic heterocycles. The standard InChI is InChI=1S/C90H54N6O/c91-54-69-87(93-71-43-17-13-34-64(71)81-60(38-21-47-75(81)93)56-26-5-1-6-27-56)89(95-73-45-19-15-36-66(73)83-62(40-23-49-77(83)95)58-30-9-3-10-31-58)86(68-42-25-51-80-85(68)70-55-92-53-52-79(70)97-80)90(96-74-46-20-16-37-67(74)84-63(41-24-50-78(84)96)59-32-11-4-12-33-59)88(69)94-72-44-18-14-35-65(72)82-61(39-22-48-76(82)94)57-28-7-2-8-29-57/h1-53,55H. The number of para-hydroxylation sites is 4. The SMILES string of the molecule is N#Cc1c(-n2c3ccccc3c3c(-c4ccccc4)cccc32)c(-n2c3ccccc3c3c(-c4ccccc4)cccc32)c(-c2cccc3oc4ccncc4c23)c(-n2c3ccccc3c3c(-c4ccccc4)cccc32)c1-n1c2ccccc2c2c(-c3ccccc3)cccc21. The molecule has 0 spiro atoms. The van der Waals surface area contributed by atoms with E-state index in [4.69, 9.17) is 9.40 Å². The Morgan fingerprint density at radius 1 is 0.258 bits per heavy atom. The number of benzene rings is 14. The lowest BCUT2D eigenvalue weighted by atomic mass is 9.91. The normalized spacial score (nSPS) is 11.9. The van der Waals surface area contributed by atoms with Crippen molar-refractivity contribution in [2.75, 3.05) is 0 Å². The van der Waals surface area contributed by atoms with Gasteiger partial charge in [0.2, 0.25) is 0 Å². The average Bonchev–Trinajstić information content (AvgIpc) is 1.57. The van der Waals surface area contributed by atoms with Crippen LogP contribution in [0.15, 0.2) is 332 Å². The molecule has 0 amide bonds. The largest absolute Gasteiger partial charge is 0.456 e. The zero-order valence-corrected chi connectivity index (χ0v) is 52.3. The van der Waals surface area contributed by atoms with E-state index in [0.717, 1.165) is 171 Å². The van der Waals surface area contributed by atoms with E-state index < -0.39 is 0 Å². The molecule has 0 radical (unpaired) electrons. The minimum Gasteiger partial charge on any atom is -0.456 e. The summed E-state index contributed by atoms with van der Waals surface area (Å²) in [7, 11) is 0. The third-order valence-electron chi connectivity index (χ3n) is 20.1. The van der Waals surface area contributed by atoms with Crippen LogP contribution in [0.4, 0.5) is 0 Å². The van der Waals surface area contributed by atoms with Crippen molar-refractivity contribution >= 4 is 109 Å². The number of hydrogen-bond donors (Lipinski definition) is 0. The Morgan fingerprint density at radius 3 is 0.928 bits per heavy atom. The van der Waals surface area contributed by atoms with E-state index in [1.54, 1.807) is 0 Å². The van der Waals surface area contributed by atoms with Crippen molar-refractivity contribution in [1.29, 1.82) is 5.26 Å². The van der Waals surface area contributed by atoms with Crippen LogP contribution in [-0.2, 0) is 0 Å². The molecule has 0 N–H and O–H groups in total. The van der Waals surface area contributed by atoms with Crippen molar-refractivity contribution in [2.45, 2.75) is 0 Å². The summed E-state index contributed by atoms with van der Waals surface area (Å²) in [6, 6.07) is 117. The monoisotopic (exact) mass is 1230 g/mol. The summed E-state index contributed by atoms with van der Waals surface area (Å²) in [5.41, 5.74) is 23.1. The zero-order valence-electron chi connectivity index (χ0n) is 52.3. The number of aromatic nitrogens is 5. The van der Waals surface area contributed by atoms with Crippen LogP contribution in [0, 0.1) is 11.3 Å². The van der Waals surface area contributed by atoms with Crippen molar-refractivity contribution < 1.29 is 4.42 Å². The first-order chi connectivity index (χ1) is 48.2. The van der Waals surface area contributed by atoms with E-state index in [9.17, 15) is 5.26 Å². The Morgan fingerprint density at radius 2 is 0.567 bits per heavy atom. The molecule has 0 saturated heterocycles. The fraction of sp³-hybridized carbons (Fsp3) is 0. The number of fused-ring (bicyclic) bond motifs is 15. The second-order valence-electron chi connectivity index (χ2n) is 25.1. The predicted octanol–water partition coefficient (Wildman–Crippen LogP) is 23.6. The smallest absolute Gasteiger partial charge is 0.138 e. The lowest BCUT2D eigenvalue weighted by Gasteiger charge is -2.29. The van der Waals surface area contributed by atoms with Crippen molar-refractivity contribution in [3.05, 3.63) is 333 Å². The lowest BCUT2D eigenvalue weighted by Crippen LogP contribution is -2.16. The summed E-state index contributed by atoms with van der Waals surface area (Å²) in [6.45, 7) is 0. The van der Waals surface area contributed by atoms with E-state index in [2.05, 4.69) is 334 Å². The fourth-order valence-corrected chi connectivity index (χ4v) is 16.3. The number of rotatable bonds is 9. The topological polar surface area (TPSA) is 69.5 Å². The molecule has 0 fully saturated rings. The maximum atomic E-state index is 13.7. The van der Waals surface area contributed by atoms with Gasteiger partial charge in [0.25, 0.3) is 0 Å². The molecule has 97 heavy (non-hydrogen) atoms. The molecule has 0 saturated carbocycles. The third-order valence-corrected chi connectivity index (χ3v) is 20.1. The maximum Gasteiger partial charge on any atom is 0.138 e. The van der Waals surface area contributed by atoms with Crippen molar-refractivity contribution in [1.82, 2.24) is 23.3 Å². The molecule has 0 aliphatic heterocycles. The van der Waals surface area contributed by atoms with Gasteiger partial charge in [-0.2, -0.15) is 5.26 Å². The quantitative estimate of drug-likeness (QED) is 0.145. The van der Waals surface area contributed by atoms with Crippen LogP contribution in [0.2, 0.25) is 0 Å². The summed E-state index contributed by atoms with van der Waals surface area (Å²) < 4.78 is 16.9. The van der Waals surface area contributed by atoms with Gasteiger partial charge in [0.05, 0.1) is 66.9 Å². The Bertz CT molecular complexity index is 6340. The Hall–Kier alpha value is -13.3. The van der Waals surface area contributed by atoms with E-state index in [0.29, 0.717) is 22.5 Å². The lowest BCUT2D eigenvalue weighted by molar-refractivity contribution is 0.668. The highest BCUT2D eigenvalue weighted by Crippen LogP contribution is 2.55. The van der Waals surface area contributed by atoms with Crippen LogP contribution < -0.4 is 0 Å². The first kappa shape index (κ1) is 54.3. The van der Waals surface area contributed by atoms with Gasteiger partial charge in [0.15, 0.2) is 0 Å². The van der Waals surface area contributed by atoms with Gasteiger partial charge in [-0.1, -0.05) is 255 Å². The summed E-state index contributed by atoms with van der Waals surface area (Å²) in [4.78, 5) is 4.88. The van der Waals surface area contributed by atoms with Crippen LogP contribution in [0.25, 0.3) is 188 Å². The van der Waals surface area contributed by atoms with E-state index in [1.807, 2.05) is 18.5 Å². The van der Waals surface area contributed by atoms with E-state index in [-0.39, 0.29) is 0 Å². The molecule has 0 unspecified atom stereocenters. The van der Waals surface area contributed by atoms with Gasteiger partial charge in [0.1, 0.15) is 22.8 Å². The number of nitrogens with zero attached hydrogens (tertiary/aromatic N) is 6. The molecule has 20 rings (SSSR count). The highest BCUT2D eigenvalue weighted by Gasteiger charge is 2.37. The summed E-state index contributed by atoms with van der Waals surface area (Å²) >= 11 is 0. The first-order valence-electron chi connectivity index (χ1n) is 32.9. The van der Waals surface area contributed by atoms with Gasteiger partial charge in [-0.15, -0.1) is 0 Å². The second kappa shape index (κ2) is 21.4. The van der Waals surface area contributed by atoms with E-state index in [1.165, 1.54) is 0 Å². The summed E-state index contributed by atoms with van der Waals surface area (Å²) in [5, 5.41) is 24.0. The van der Waals surface area contributed by atoms with Crippen LogP contribution in [0.1, 0.15) is 5.56 Å². The Balaban J connectivity index is 1.13. The molecule has 20 aromatic rings. The maximum absolute atomic E-state index is 13.7. The summed E-state index contributed by atoms with van der Waals surface area (Å²) in [5.74, 6) is 0. The van der Waals surface area contributed by atoms with Crippen molar-refractivity contribution in [3.8, 4) is 84.5 Å². The molecule has 0 aliphatic carbocycles. The van der Waals surface area contributed by atoms with Crippen LogP contribution in [0.5, 0.6) is 0 Å². The number of hydrogen-bond acceptors (Lipinski definition) is 3. The molecular weight excluding hydrogens is 1180 g/mol. The molecule has 0 atom stereocenters. The highest BCUT2D eigenvalue weighted by molar-refractivity contribution is 6.24. The molecule has 7 nitrogen and oxygen atoms in total. The van der Waals surface area contributed by atoms with Gasteiger partial charge in [-0.3, -0.25) is 4.98 Å². The van der Waals surface area contributed by atoms with Crippen LogP contribution >= 0.6 is 0 Å². The van der Waals surface area contributed by atoms with Crippen LogP contribution in [0.3, 0.4) is 0 Å². The molecular formula is C90H54N6O. The number of pyridine rings is 1. The molecule has 6 heterocycles. The molecule has 14 aromatic carbocycles. The fourth-order valence-electron chi connectivity index (χ4n) is 16.3. The minimum absolute atomic E-state index is 0.468. The van der Waals surface area contributed by atoms with Gasteiger partial charge >= 0.3 is 0 Å². The van der Waals surface area contributed by atoms with Gasteiger partial charge < -0.3 is 22.7 Å². The highest BCUT2D eigenvalue weighted by atomic mass is 16.3. The van der Waals surface area contributed by atoms with Crippen LogP contribution in [-0.4, -0.2) is 23.3 Å². The molecule has 7 heteroatoms. The van der Waals surface area contributed by atoms with Gasteiger partial charge in [-0.25, -0.2) is 0 Å². The predicted molar refractivity (Wildman–Crippen MR) is 401 cm³/mol. The van der Waals surface area contributed by atoms with Crippen molar-refractivity contribution in [2.24, 2.45) is 0 Å².